The van der Waals surface area contributed by atoms with Crippen molar-refractivity contribution in [1.29, 1.82) is 0 Å². The SMILES string of the molecule is COc1cc2c(cc1OC)C(c1cccs1)N(C(=O)C(C)NC(=O)c1ccco1)CC2. The topological polar surface area (TPSA) is 81.0 Å². The number of hydrogen-bond donors (Lipinski definition) is 1. The molecule has 0 aliphatic carbocycles. The van der Waals surface area contributed by atoms with Gasteiger partial charge in [0.15, 0.2) is 17.3 Å². The van der Waals surface area contributed by atoms with Crippen molar-refractivity contribution in [3.8, 4) is 11.5 Å². The molecule has 0 saturated carbocycles. The van der Waals surface area contributed by atoms with Crippen molar-refractivity contribution in [3.63, 3.8) is 0 Å². The minimum Gasteiger partial charge on any atom is -0.493 e. The highest BCUT2D eigenvalue weighted by molar-refractivity contribution is 7.10. The number of carbonyl (C=O) groups is 2. The summed E-state index contributed by atoms with van der Waals surface area (Å²) in [5.41, 5.74) is 2.12. The van der Waals surface area contributed by atoms with Gasteiger partial charge in [0.2, 0.25) is 5.91 Å². The maximum absolute atomic E-state index is 13.4. The first kappa shape index (κ1) is 21.0. The fourth-order valence-electron chi connectivity index (χ4n) is 3.92. The van der Waals surface area contributed by atoms with Crippen LogP contribution in [0.15, 0.2) is 52.5 Å². The summed E-state index contributed by atoms with van der Waals surface area (Å²) in [6.07, 6.45) is 2.11. The predicted molar refractivity (Wildman–Crippen MR) is 117 cm³/mol. The Kier molecular flexibility index (Phi) is 5.99. The van der Waals surface area contributed by atoms with Gasteiger partial charge in [0.05, 0.1) is 26.5 Å². The van der Waals surface area contributed by atoms with Gasteiger partial charge >= 0.3 is 0 Å². The summed E-state index contributed by atoms with van der Waals surface area (Å²) in [5, 5.41) is 4.74. The first-order chi connectivity index (χ1) is 15.0. The molecule has 7 nitrogen and oxygen atoms in total. The number of fused-ring (bicyclic) bond motifs is 1. The monoisotopic (exact) mass is 440 g/mol. The largest absolute Gasteiger partial charge is 0.493 e. The van der Waals surface area contributed by atoms with Gasteiger partial charge in [-0.25, -0.2) is 0 Å². The maximum Gasteiger partial charge on any atom is 0.287 e. The van der Waals surface area contributed by atoms with E-state index in [1.807, 2.05) is 34.5 Å². The fraction of sp³-hybridized carbons (Fsp3) is 0.304. The molecule has 0 bridgehead atoms. The zero-order valence-corrected chi connectivity index (χ0v) is 18.4. The van der Waals surface area contributed by atoms with Gasteiger partial charge in [-0.1, -0.05) is 6.07 Å². The minimum absolute atomic E-state index is 0.154. The predicted octanol–water partition coefficient (Wildman–Crippen LogP) is 3.65. The number of methoxy groups -OCH3 is 2. The van der Waals surface area contributed by atoms with Crippen molar-refractivity contribution < 1.29 is 23.5 Å². The number of nitrogens with one attached hydrogen (secondary N) is 1. The van der Waals surface area contributed by atoms with Gasteiger partial charge in [0.1, 0.15) is 6.04 Å². The third-order valence-corrected chi connectivity index (χ3v) is 6.36. The van der Waals surface area contributed by atoms with Gasteiger partial charge in [-0.2, -0.15) is 0 Å². The summed E-state index contributed by atoms with van der Waals surface area (Å²) < 4.78 is 16.1. The van der Waals surface area contributed by atoms with Crippen molar-refractivity contribution in [2.45, 2.75) is 25.4 Å². The molecule has 0 radical (unpaired) electrons. The second-order valence-corrected chi connectivity index (χ2v) is 8.26. The molecule has 1 N–H and O–H groups in total. The average Bonchev–Trinajstić information content (AvgIpc) is 3.51. The van der Waals surface area contributed by atoms with E-state index in [4.69, 9.17) is 13.9 Å². The third kappa shape index (κ3) is 4.03. The zero-order chi connectivity index (χ0) is 22.0. The van der Waals surface area contributed by atoms with Crippen molar-refractivity contribution >= 4 is 23.2 Å². The van der Waals surface area contributed by atoms with Crippen LogP contribution in [0.1, 0.15) is 39.5 Å². The van der Waals surface area contributed by atoms with Gasteiger partial charge in [-0.05, 0) is 60.2 Å². The Hall–Kier alpha value is -3.26. The van der Waals surface area contributed by atoms with Crippen LogP contribution < -0.4 is 14.8 Å². The van der Waals surface area contributed by atoms with E-state index in [-0.39, 0.29) is 17.7 Å². The third-order valence-electron chi connectivity index (χ3n) is 5.43. The molecule has 3 heterocycles. The Bertz CT molecular complexity index is 1060. The molecule has 2 amide bonds. The van der Waals surface area contributed by atoms with Crippen LogP contribution >= 0.6 is 11.3 Å². The molecule has 2 aromatic heterocycles. The van der Waals surface area contributed by atoms with Crippen LogP contribution in [0.3, 0.4) is 0 Å². The molecule has 1 aliphatic rings. The molecule has 2 atom stereocenters. The van der Waals surface area contributed by atoms with Crippen LogP contribution in [-0.2, 0) is 11.2 Å². The number of hydrogen-bond acceptors (Lipinski definition) is 6. The summed E-state index contributed by atoms with van der Waals surface area (Å²) in [6.45, 7) is 2.23. The number of nitrogens with zero attached hydrogens (tertiary/aromatic N) is 1. The van der Waals surface area contributed by atoms with E-state index in [1.54, 1.807) is 44.6 Å². The number of rotatable bonds is 6. The number of ether oxygens (including phenoxy) is 2. The normalized spacial score (nSPS) is 16.4. The quantitative estimate of drug-likeness (QED) is 0.633. The van der Waals surface area contributed by atoms with E-state index in [0.717, 1.165) is 16.0 Å². The molecule has 0 saturated heterocycles. The molecular weight excluding hydrogens is 416 g/mol. The van der Waals surface area contributed by atoms with E-state index in [2.05, 4.69) is 5.32 Å². The van der Waals surface area contributed by atoms with E-state index in [1.165, 1.54) is 6.26 Å². The smallest absolute Gasteiger partial charge is 0.287 e. The van der Waals surface area contributed by atoms with E-state index in [0.29, 0.717) is 24.5 Å². The van der Waals surface area contributed by atoms with Gasteiger partial charge in [-0.3, -0.25) is 9.59 Å². The second kappa shape index (κ2) is 8.85. The van der Waals surface area contributed by atoms with Crippen molar-refractivity contribution in [2.24, 2.45) is 0 Å². The molecule has 31 heavy (non-hydrogen) atoms. The lowest BCUT2D eigenvalue weighted by Gasteiger charge is -2.38. The maximum atomic E-state index is 13.4. The highest BCUT2D eigenvalue weighted by Crippen LogP contribution is 2.42. The van der Waals surface area contributed by atoms with E-state index in [9.17, 15) is 9.59 Å². The number of thiophene rings is 1. The molecule has 3 aromatic rings. The second-order valence-electron chi connectivity index (χ2n) is 7.28. The highest BCUT2D eigenvalue weighted by Gasteiger charge is 2.36. The van der Waals surface area contributed by atoms with Crippen LogP contribution in [0.4, 0.5) is 0 Å². The van der Waals surface area contributed by atoms with Gasteiger partial charge in [0, 0.05) is 11.4 Å². The standard InChI is InChI=1S/C23H24N2O5S/c1-14(24-22(26)17-6-4-10-30-17)23(27)25-9-8-15-12-18(28-2)19(29-3)13-16(15)21(25)20-7-5-11-31-20/h4-7,10-14,21H,8-9H2,1-3H3,(H,24,26). The Morgan fingerprint density at radius 1 is 1.19 bits per heavy atom. The van der Waals surface area contributed by atoms with Gasteiger partial charge < -0.3 is 24.1 Å². The van der Waals surface area contributed by atoms with E-state index < -0.39 is 11.9 Å². The number of carbonyl (C=O) groups excluding carboxylic acids is 2. The molecule has 1 aliphatic heterocycles. The lowest BCUT2D eigenvalue weighted by atomic mass is 9.90. The van der Waals surface area contributed by atoms with Crippen LogP contribution in [0.5, 0.6) is 11.5 Å². The molecule has 8 heteroatoms. The van der Waals surface area contributed by atoms with Crippen molar-refractivity contribution in [3.05, 3.63) is 69.8 Å². The molecule has 0 spiro atoms. The molecule has 0 fully saturated rings. The molecule has 4 rings (SSSR count). The summed E-state index contributed by atoms with van der Waals surface area (Å²) >= 11 is 1.59. The number of furan rings is 1. The molecule has 162 valence electrons. The summed E-state index contributed by atoms with van der Waals surface area (Å²) in [4.78, 5) is 28.7. The van der Waals surface area contributed by atoms with Crippen LogP contribution in [0, 0.1) is 0 Å². The van der Waals surface area contributed by atoms with Crippen LogP contribution in [-0.4, -0.2) is 43.5 Å². The number of amides is 2. The summed E-state index contributed by atoms with van der Waals surface area (Å²) in [5.74, 6) is 0.901. The Balaban J connectivity index is 1.66. The minimum atomic E-state index is -0.707. The van der Waals surface area contributed by atoms with Gasteiger partial charge in [-0.15, -0.1) is 11.3 Å². The lowest BCUT2D eigenvalue weighted by molar-refractivity contribution is -0.134. The molecule has 2 unspecified atom stereocenters. The van der Waals surface area contributed by atoms with E-state index >= 15 is 0 Å². The molecule has 1 aromatic carbocycles. The average molecular weight is 441 g/mol. The fourth-order valence-corrected chi connectivity index (χ4v) is 4.78. The first-order valence-corrected chi connectivity index (χ1v) is 10.8. The Labute approximate surface area is 184 Å². The van der Waals surface area contributed by atoms with Crippen molar-refractivity contribution in [2.75, 3.05) is 20.8 Å². The lowest BCUT2D eigenvalue weighted by Crippen LogP contribution is -2.50. The van der Waals surface area contributed by atoms with Gasteiger partial charge in [0.25, 0.3) is 5.91 Å². The number of benzene rings is 1. The molecular formula is C23H24N2O5S. The zero-order valence-electron chi connectivity index (χ0n) is 17.6. The van der Waals surface area contributed by atoms with Crippen LogP contribution in [0.2, 0.25) is 0 Å². The summed E-state index contributed by atoms with van der Waals surface area (Å²) in [6, 6.07) is 10.2. The Morgan fingerprint density at radius 2 is 1.97 bits per heavy atom. The Morgan fingerprint density at radius 3 is 2.61 bits per heavy atom. The van der Waals surface area contributed by atoms with Crippen LogP contribution in [0.25, 0.3) is 0 Å². The highest BCUT2D eigenvalue weighted by atomic mass is 32.1. The van der Waals surface area contributed by atoms with Crippen molar-refractivity contribution in [1.82, 2.24) is 10.2 Å². The first-order valence-electron chi connectivity index (χ1n) is 9.96. The summed E-state index contributed by atoms with van der Waals surface area (Å²) in [7, 11) is 3.21.